The number of nitriles is 1. The molecule has 0 saturated carbocycles. The molecule has 0 spiro atoms. The molecule has 0 fully saturated rings. The van der Waals surface area contributed by atoms with E-state index in [0.717, 1.165) is 0 Å². The number of fused-ring (bicyclic) bond motifs is 1. The molecule has 1 aliphatic heterocycles. The lowest BCUT2D eigenvalue weighted by Crippen LogP contribution is -2.08. The van der Waals surface area contributed by atoms with Gasteiger partial charge < -0.3 is 0 Å². The van der Waals surface area contributed by atoms with Gasteiger partial charge in [0.05, 0.1) is 11.6 Å². The smallest absolute Gasteiger partial charge is 0.205 e. The number of allylic oxidation sites excluding steroid dienone is 2. The van der Waals surface area contributed by atoms with Crippen molar-refractivity contribution in [3.63, 3.8) is 0 Å². The van der Waals surface area contributed by atoms with Gasteiger partial charge in [-0.2, -0.15) is 14.0 Å². The van der Waals surface area contributed by atoms with Crippen LogP contribution in [0.25, 0.3) is 6.08 Å². The summed E-state index contributed by atoms with van der Waals surface area (Å²) >= 11 is 0.291. The topological polar surface area (TPSA) is 23.8 Å². The van der Waals surface area contributed by atoms with Crippen molar-refractivity contribution in [1.29, 1.82) is 5.26 Å². The molecule has 2 rings (SSSR count). The number of nitrogens with zero attached hydrogens (tertiary/aromatic N) is 1. The summed E-state index contributed by atoms with van der Waals surface area (Å²) in [6.07, 6.45) is -1.14. The SMILES string of the molecule is C=C/C(C#N)=C\c1ccc2c(c1C(F)F)CC(F)(F)S2. The molecule has 0 atom stereocenters. The molecule has 0 aliphatic carbocycles. The molecule has 20 heavy (non-hydrogen) atoms. The van der Waals surface area contributed by atoms with Crippen LogP contribution in [0.3, 0.4) is 0 Å². The van der Waals surface area contributed by atoms with E-state index in [4.69, 9.17) is 5.26 Å². The van der Waals surface area contributed by atoms with E-state index in [1.807, 2.05) is 0 Å². The lowest BCUT2D eigenvalue weighted by atomic mass is 9.97. The van der Waals surface area contributed by atoms with Gasteiger partial charge in [-0.3, -0.25) is 0 Å². The second-order valence-electron chi connectivity index (χ2n) is 4.18. The minimum atomic E-state index is -3.06. The maximum Gasteiger partial charge on any atom is 0.302 e. The molecule has 0 saturated heterocycles. The summed E-state index contributed by atoms with van der Waals surface area (Å²) in [5.74, 6) is 0. The Labute approximate surface area is 117 Å². The quantitative estimate of drug-likeness (QED) is 0.447. The lowest BCUT2D eigenvalue weighted by molar-refractivity contribution is 0.108. The Bertz CT molecular complexity index is 629. The van der Waals surface area contributed by atoms with E-state index >= 15 is 0 Å². The zero-order valence-electron chi connectivity index (χ0n) is 10.2. The molecule has 1 heterocycles. The maximum atomic E-state index is 13.3. The first-order chi connectivity index (χ1) is 9.38. The monoisotopic (exact) mass is 299 g/mol. The number of hydrogen-bond donors (Lipinski definition) is 0. The highest BCUT2D eigenvalue weighted by atomic mass is 32.2. The predicted molar refractivity (Wildman–Crippen MR) is 69.7 cm³/mol. The molecule has 1 aromatic rings. The highest BCUT2D eigenvalue weighted by molar-refractivity contribution is 8.00. The Hall–Kier alpha value is -1.74. The van der Waals surface area contributed by atoms with Crippen molar-refractivity contribution in [1.82, 2.24) is 0 Å². The summed E-state index contributed by atoms with van der Waals surface area (Å²) < 4.78 is 53.1. The number of rotatable bonds is 3. The molecule has 1 nitrogen and oxygen atoms in total. The number of alkyl halides is 4. The maximum absolute atomic E-state index is 13.3. The largest absolute Gasteiger partial charge is 0.302 e. The van der Waals surface area contributed by atoms with Crippen LogP contribution in [-0.4, -0.2) is 5.25 Å². The number of benzene rings is 1. The molecule has 0 N–H and O–H groups in total. The van der Waals surface area contributed by atoms with Crippen LogP contribution < -0.4 is 0 Å². The Morgan fingerprint density at radius 3 is 2.70 bits per heavy atom. The lowest BCUT2D eigenvalue weighted by Gasteiger charge is -2.11. The fourth-order valence-electron chi connectivity index (χ4n) is 2.03. The number of thioether (sulfide) groups is 1. The van der Waals surface area contributed by atoms with Crippen LogP contribution in [0.15, 0.2) is 35.3 Å². The van der Waals surface area contributed by atoms with Crippen molar-refractivity contribution in [2.24, 2.45) is 0 Å². The fraction of sp³-hybridized carbons (Fsp3) is 0.214. The van der Waals surface area contributed by atoms with Crippen molar-refractivity contribution >= 4 is 17.8 Å². The van der Waals surface area contributed by atoms with E-state index in [1.54, 1.807) is 6.07 Å². The molecule has 0 radical (unpaired) electrons. The summed E-state index contributed by atoms with van der Waals surface area (Å²) in [7, 11) is 0. The van der Waals surface area contributed by atoms with Gasteiger partial charge in [-0.15, -0.1) is 0 Å². The Balaban J connectivity index is 2.60. The van der Waals surface area contributed by atoms with Crippen LogP contribution in [0.2, 0.25) is 0 Å². The third-order valence-electron chi connectivity index (χ3n) is 2.87. The molecule has 1 aromatic carbocycles. The minimum absolute atomic E-state index is 0.0369. The van der Waals surface area contributed by atoms with Crippen LogP contribution in [0.4, 0.5) is 17.6 Å². The van der Waals surface area contributed by atoms with Gasteiger partial charge in [-0.05, 0) is 23.3 Å². The zero-order chi connectivity index (χ0) is 14.9. The average molecular weight is 299 g/mol. The molecular formula is C14H9F4NS. The van der Waals surface area contributed by atoms with Crippen molar-refractivity contribution in [3.05, 3.63) is 47.1 Å². The van der Waals surface area contributed by atoms with Crippen LogP contribution >= 0.6 is 11.8 Å². The van der Waals surface area contributed by atoms with Gasteiger partial charge >= 0.3 is 5.25 Å². The zero-order valence-corrected chi connectivity index (χ0v) is 11.0. The highest BCUT2D eigenvalue weighted by Crippen LogP contribution is 2.50. The summed E-state index contributed by atoms with van der Waals surface area (Å²) in [6.45, 7) is 3.40. The van der Waals surface area contributed by atoms with Gasteiger partial charge in [-0.1, -0.05) is 30.5 Å². The first kappa shape index (κ1) is 14.7. The first-order valence-electron chi connectivity index (χ1n) is 5.63. The van der Waals surface area contributed by atoms with Gasteiger partial charge in [0.25, 0.3) is 6.43 Å². The average Bonchev–Trinajstić information content (AvgIpc) is 2.68. The highest BCUT2D eigenvalue weighted by Gasteiger charge is 2.41. The summed E-state index contributed by atoms with van der Waals surface area (Å²) in [5.41, 5.74) is -0.287. The van der Waals surface area contributed by atoms with E-state index < -0.39 is 23.7 Å². The van der Waals surface area contributed by atoms with E-state index in [0.29, 0.717) is 11.8 Å². The fourth-order valence-corrected chi connectivity index (χ4v) is 3.01. The van der Waals surface area contributed by atoms with Crippen LogP contribution in [0, 0.1) is 11.3 Å². The number of halogens is 4. The standard InChI is InChI=1S/C14H9F4NS/c1-2-8(7-19)5-9-3-4-11-10(12(9)13(15)16)6-14(17,18)20-11/h2-5,13H,1,6H2/b8-5+. The van der Waals surface area contributed by atoms with E-state index in [9.17, 15) is 17.6 Å². The van der Waals surface area contributed by atoms with E-state index in [1.165, 1.54) is 24.3 Å². The predicted octanol–water partition coefficient (Wildman–Crippen LogP) is 4.96. The molecule has 6 heteroatoms. The van der Waals surface area contributed by atoms with Gasteiger partial charge in [0.2, 0.25) is 0 Å². The second-order valence-corrected chi connectivity index (χ2v) is 5.42. The Morgan fingerprint density at radius 2 is 2.15 bits per heavy atom. The van der Waals surface area contributed by atoms with Crippen molar-refractivity contribution in [3.8, 4) is 6.07 Å². The van der Waals surface area contributed by atoms with E-state index in [-0.39, 0.29) is 21.6 Å². The summed E-state index contributed by atoms with van der Waals surface area (Å²) in [6, 6.07) is 4.51. The third-order valence-corrected chi connectivity index (χ3v) is 3.91. The van der Waals surface area contributed by atoms with Crippen molar-refractivity contribution in [2.45, 2.75) is 23.0 Å². The van der Waals surface area contributed by atoms with Crippen LogP contribution in [-0.2, 0) is 6.42 Å². The molecule has 104 valence electrons. The summed E-state index contributed by atoms with van der Waals surface area (Å²) in [5, 5.41) is 5.73. The van der Waals surface area contributed by atoms with Crippen molar-refractivity contribution in [2.75, 3.05) is 0 Å². The first-order valence-corrected chi connectivity index (χ1v) is 6.44. The molecule has 1 aliphatic rings. The van der Waals surface area contributed by atoms with Crippen LogP contribution in [0.1, 0.15) is 23.1 Å². The van der Waals surface area contributed by atoms with Crippen molar-refractivity contribution < 1.29 is 17.6 Å². The van der Waals surface area contributed by atoms with Gasteiger partial charge in [-0.25, -0.2) is 8.78 Å². The number of hydrogen-bond acceptors (Lipinski definition) is 2. The second kappa shape index (κ2) is 5.33. The van der Waals surface area contributed by atoms with Gasteiger partial charge in [0, 0.05) is 16.9 Å². The normalized spacial score (nSPS) is 16.9. The van der Waals surface area contributed by atoms with Gasteiger partial charge in [0.15, 0.2) is 0 Å². The molecule has 0 aromatic heterocycles. The minimum Gasteiger partial charge on any atom is -0.205 e. The van der Waals surface area contributed by atoms with E-state index in [2.05, 4.69) is 6.58 Å². The van der Waals surface area contributed by atoms with Crippen LogP contribution in [0.5, 0.6) is 0 Å². The Kier molecular flexibility index (Phi) is 3.91. The van der Waals surface area contributed by atoms with Gasteiger partial charge in [0.1, 0.15) is 0 Å². The molecule has 0 bridgehead atoms. The third kappa shape index (κ3) is 2.73. The molecule has 0 unspecified atom stereocenters. The Morgan fingerprint density at radius 1 is 1.45 bits per heavy atom. The molecular weight excluding hydrogens is 290 g/mol. The molecule has 0 amide bonds. The summed E-state index contributed by atoms with van der Waals surface area (Å²) in [4.78, 5) is 0.166.